The van der Waals surface area contributed by atoms with Gasteiger partial charge in [-0.1, -0.05) is 18.2 Å². The maximum absolute atomic E-state index is 13.1. The molecule has 1 aromatic heterocycles. The molecule has 0 radical (unpaired) electrons. The number of hydrogen-bond acceptors (Lipinski definition) is 4. The molecule has 0 spiro atoms. The molecule has 2 aromatic carbocycles. The number of hydrogen-bond donors (Lipinski definition) is 1. The lowest BCUT2D eigenvalue weighted by Crippen LogP contribution is -2.32. The Kier molecular flexibility index (Phi) is 5.26. The zero-order valence-corrected chi connectivity index (χ0v) is 16.2. The fraction of sp³-hybridized carbons (Fsp3) is 0.304. The molecule has 144 valence electrons. The van der Waals surface area contributed by atoms with Crippen LogP contribution in [0.2, 0.25) is 0 Å². The Balaban J connectivity index is 1.74. The minimum atomic E-state index is -0.0821. The third-order valence-corrected chi connectivity index (χ3v) is 5.24. The van der Waals surface area contributed by atoms with E-state index in [1.54, 1.807) is 7.11 Å². The summed E-state index contributed by atoms with van der Waals surface area (Å²) in [5.74, 6) is 0.707. The summed E-state index contributed by atoms with van der Waals surface area (Å²) in [6, 6.07) is 15.5. The predicted octanol–water partition coefficient (Wildman–Crippen LogP) is 4.13. The van der Waals surface area contributed by atoms with Crippen LogP contribution in [0.15, 0.2) is 48.5 Å². The summed E-state index contributed by atoms with van der Waals surface area (Å²) < 4.78 is 10.9. The summed E-state index contributed by atoms with van der Waals surface area (Å²) in [6.45, 7) is 3.27. The van der Waals surface area contributed by atoms with Crippen LogP contribution in [0, 0.1) is 6.92 Å². The Morgan fingerprint density at radius 3 is 2.71 bits per heavy atom. The third kappa shape index (κ3) is 3.58. The molecule has 0 aliphatic carbocycles. The summed E-state index contributed by atoms with van der Waals surface area (Å²) in [5, 5.41) is 3.92. The van der Waals surface area contributed by atoms with Gasteiger partial charge in [-0.15, -0.1) is 0 Å². The first kappa shape index (κ1) is 18.4. The number of aromatic nitrogens is 1. The number of methoxy groups -OCH3 is 1. The lowest BCUT2D eigenvalue weighted by molar-refractivity contribution is 0.0858. The normalized spacial score (nSPS) is 16.3. The van der Waals surface area contributed by atoms with Crippen LogP contribution >= 0.6 is 0 Å². The number of carbonyl (C=O) groups excluding carboxylic acids is 1. The summed E-state index contributed by atoms with van der Waals surface area (Å²) >= 11 is 0. The van der Waals surface area contributed by atoms with Gasteiger partial charge in [-0.25, -0.2) is 4.98 Å². The van der Waals surface area contributed by atoms with Crippen molar-refractivity contribution in [3.63, 3.8) is 0 Å². The molecule has 1 aliphatic heterocycles. The van der Waals surface area contributed by atoms with E-state index in [1.807, 2.05) is 55.5 Å². The van der Waals surface area contributed by atoms with E-state index in [0.717, 1.165) is 52.9 Å². The van der Waals surface area contributed by atoms with Crippen LogP contribution in [-0.2, 0) is 4.74 Å². The van der Waals surface area contributed by atoms with Gasteiger partial charge in [0, 0.05) is 24.1 Å². The standard InChI is InChI=1S/C23H24N2O3/c1-15-21(23(26)24-14-18-6-5-13-28-18)19-7-3-4-8-20(19)25-22(15)16-9-11-17(27-2)12-10-16/h3-4,7-12,18H,5-6,13-14H2,1-2H3,(H,24,26). The number of nitrogens with one attached hydrogen (secondary N) is 1. The van der Waals surface area contributed by atoms with Gasteiger partial charge in [0.15, 0.2) is 0 Å². The highest BCUT2D eigenvalue weighted by molar-refractivity contribution is 6.08. The van der Waals surface area contributed by atoms with Crippen molar-refractivity contribution in [2.75, 3.05) is 20.3 Å². The molecule has 1 aliphatic rings. The third-order valence-electron chi connectivity index (χ3n) is 5.24. The second kappa shape index (κ2) is 7.98. The summed E-state index contributed by atoms with van der Waals surface area (Å²) in [4.78, 5) is 17.9. The largest absolute Gasteiger partial charge is 0.497 e. The highest BCUT2D eigenvalue weighted by Crippen LogP contribution is 2.30. The average Bonchev–Trinajstić information content (AvgIpc) is 3.25. The van der Waals surface area contributed by atoms with E-state index in [0.29, 0.717) is 12.1 Å². The molecule has 0 bridgehead atoms. The van der Waals surface area contributed by atoms with Gasteiger partial charge in [0.05, 0.1) is 30.0 Å². The van der Waals surface area contributed by atoms with E-state index in [-0.39, 0.29) is 12.0 Å². The molecule has 5 heteroatoms. The lowest BCUT2D eigenvalue weighted by Gasteiger charge is -2.16. The van der Waals surface area contributed by atoms with E-state index < -0.39 is 0 Å². The topological polar surface area (TPSA) is 60.5 Å². The number of rotatable bonds is 5. The number of pyridine rings is 1. The van der Waals surface area contributed by atoms with Crippen LogP contribution < -0.4 is 10.1 Å². The molecule has 0 saturated carbocycles. The zero-order valence-electron chi connectivity index (χ0n) is 16.2. The van der Waals surface area contributed by atoms with Gasteiger partial charge in [0.1, 0.15) is 5.75 Å². The van der Waals surface area contributed by atoms with Gasteiger partial charge >= 0.3 is 0 Å². The molecule has 28 heavy (non-hydrogen) atoms. The molecule has 1 N–H and O–H groups in total. The maximum Gasteiger partial charge on any atom is 0.252 e. The maximum atomic E-state index is 13.1. The van der Waals surface area contributed by atoms with E-state index in [2.05, 4.69) is 5.32 Å². The van der Waals surface area contributed by atoms with Gasteiger partial charge < -0.3 is 14.8 Å². The summed E-state index contributed by atoms with van der Waals surface area (Å²) in [7, 11) is 1.64. The predicted molar refractivity (Wildman–Crippen MR) is 110 cm³/mol. The molecule has 1 fully saturated rings. The SMILES string of the molecule is COc1ccc(-c2nc3ccccc3c(C(=O)NCC3CCCO3)c2C)cc1. The van der Waals surface area contributed by atoms with Gasteiger partial charge in [0.2, 0.25) is 0 Å². The van der Waals surface area contributed by atoms with E-state index >= 15 is 0 Å². The number of fused-ring (bicyclic) bond motifs is 1. The van der Waals surface area contributed by atoms with Crippen molar-refractivity contribution in [3.05, 3.63) is 59.7 Å². The zero-order chi connectivity index (χ0) is 19.5. The van der Waals surface area contributed by atoms with E-state index in [9.17, 15) is 4.79 Å². The smallest absolute Gasteiger partial charge is 0.252 e. The van der Waals surface area contributed by atoms with Gasteiger partial charge in [0.25, 0.3) is 5.91 Å². The molecule has 4 rings (SSSR count). The number of benzene rings is 2. The van der Waals surface area contributed by atoms with Crippen molar-refractivity contribution >= 4 is 16.8 Å². The van der Waals surface area contributed by atoms with Crippen LogP contribution in [0.3, 0.4) is 0 Å². The number of carbonyl (C=O) groups is 1. The number of para-hydroxylation sites is 1. The first-order valence-corrected chi connectivity index (χ1v) is 9.61. The minimum Gasteiger partial charge on any atom is -0.497 e. The Morgan fingerprint density at radius 1 is 1.21 bits per heavy atom. The van der Waals surface area contributed by atoms with Crippen molar-refractivity contribution in [2.45, 2.75) is 25.9 Å². The highest BCUT2D eigenvalue weighted by Gasteiger charge is 2.21. The first-order valence-electron chi connectivity index (χ1n) is 9.61. The van der Waals surface area contributed by atoms with Crippen molar-refractivity contribution in [1.29, 1.82) is 0 Å². The van der Waals surface area contributed by atoms with Crippen LogP contribution in [-0.4, -0.2) is 37.3 Å². The molecule has 5 nitrogen and oxygen atoms in total. The van der Waals surface area contributed by atoms with E-state index in [1.165, 1.54) is 0 Å². The van der Waals surface area contributed by atoms with Crippen LogP contribution in [0.25, 0.3) is 22.2 Å². The number of nitrogens with zero attached hydrogens (tertiary/aromatic N) is 1. The number of ether oxygens (including phenoxy) is 2. The van der Waals surface area contributed by atoms with Crippen LogP contribution in [0.1, 0.15) is 28.8 Å². The summed E-state index contributed by atoms with van der Waals surface area (Å²) in [5.41, 5.74) is 4.12. The Morgan fingerprint density at radius 2 is 2.00 bits per heavy atom. The highest BCUT2D eigenvalue weighted by atomic mass is 16.5. The molecule has 1 amide bonds. The van der Waals surface area contributed by atoms with E-state index in [4.69, 9.17) is 14.5 Å². The average molecular weight is 376 g/mol. The second-order valence-corrected chi connectivity index (χ2v) is 7.05. The van der Waals surface area contributed by atoms with Gasteiger partial charge in [-0.05, 0) is 55.7 Å². The molecule has 3 aromatic rings. The number of amides is 1. The fourth-order valence-electron chi connectivity index (χ4n) is 3.73. The molecule has 2 heterocycles. The Labute approximate surface area is 164 Å². The fourth-order valence-corrected chi connectivity index (χ4v) is 3.73. The molecule has 1 unspecified atom stereocenters. The second-order valence-electron chi connectivity index (χ2n) is 7.05. The summed E-state index contributed by atoms with van der Waals surface area (Å²) in [6.07, 6.45) is 2.16. The minimum absolute atomic E-state index is 0.0821. The van der Waals surface area contributed by atoms with Crippen molar-refractivity contribution in [2.24, 2.45) is 0 Å². The van der Waals surface area contributed by atoms with Crippen LogP contribution in [0.5, 0.6) is 5.75 Å². The Bertz CT molecular complexity index is 993. The van der Waals surface area contributed by atoms with Crippen molar-refractivity contribution < 1.29 is 14.3 Å². The molecular formula is C23H24N2O3. The van der Waals surface area contributed by atoms with Gasteiger partial charge in [-0.2, -0.15) is 0 Å². The quantitative estimate of drug-likeness (QED) is 0.727. The lowest BCUT2D eigenvalue weighted by atomic mass is 9.97. The van der Waals surface area contributed by atoms with Gasteiger partial charge in [-0.3, -0.25) is 4.79 Å². The first-order chi connectivity index (χ1) is 13.7. The molecular weight excluding hydrogens is 352 g/mol. The molecule has 1 atom stereocenters. The van der Waals surface area contributed by atoms with Crippen molar-refractivity contribution in [1.82, 2.24) is 10.3 Å². The Hall–Kier alpha value is -2.92. The van der Waals surface area contributed by atoms with Crippen LogP contribution in [0.4, 0.5) is 0 Å². The monoisotopic (exact) mass is 376 g/mol. The van der Waals surface area contributed by atoms with Crippen molar-refractivity contribution in [3.8, 4) is 17.0 Å². The molecule has 1 saturated heterocycles.